The molecule has 0 radical (unpaired) electrons. The first-order chi connectivity index (χ1) is 11.1. The number of nitrogens with zero attached hydrogens (tertiary/aromatic N) is 2. The van der Waals surface area contributed by atoms with Crippen LogP contribution in [0.15, 0.2) is 24.3 Å². The van der Waals surface area contributed by atoms with E-state index < -0.39 is 0 Å². The van der Waals surface area contributed by atoms with Gasteiger partial charge in [0.2, 0.25) is 16.9 Å². The number of aryl methyl sites for hydroxylation is 1. The van der Waals surface area contributed by atoms with Crippen molar-refractivity contribution in [2.24, 2.45) is 0 Å². The molecular formula is C16H18N4O2S. The highest BCUT2D eigenvalue weighted by molar-refractivity contribution is 7.15. The van der Waals surface area contributed by atoms with E-state index in [4.69, 9.17) is 0 Å². The van der Waals surface area contributed by atoms with Crippen LogP contribution < -0.4 is 10.6 Å². The molecule has 1 aromatic carbocycles. The first-order valence-corrected chi connectivity index (χ1v) is 8.38. The van der Waals surface area contributed by atoms with Gasteiger partial charge in [-0.2, -0.15) is 0 Å². The Morgan fingerprint density at radius 1 is 1.39 bits per heavy atom. The van der Waals surface area contributed by atoms with E-state index in [0.717, 1.165) is 5.01 Å². The Bertz CT molecular complexity index is 728. The fraction of sp³-hybridized carbons (Fsp3) is 0.375. The van der Waals surface area contributed by atoms with E-state index >= 15 is 0 Å². The molecule has 0 bridgehead atoms. The Morgan fingerprint density at radius 3 is 2.96 bits per heavy atom. The lowest BCUT2D eigenvalue weighted by molar-refractivity contribution is -0.119. The number of amides is 2. The van der Waals surface area contributed by atoms with Gasteiger partial charge in [-0.3, -0.25) is 9.59 Å². The number of hydrogen-bond donors (Lipinski definition) is 2. The molecule has 1 aliphatic heterocycles. The van der Waals surface area contributed by atoms with Crippen LogP contribution in [0.1, 0.15) is 35.4 Å². The molecule has 2 N–H and O–H groups in total. The average Bonchev–Trinajstić information content (AvgIpc) is 3.11. The summed E-state index contributed by atoms with van der Waals surface area (Å²) in [5.41, 5.74) is 2.42. The van der Waals surface area contributed by atoms with Gasteiger partial charge in [0.15, 0.2) is 0 Å². The second kappa shape index (κ2) is 6.87. The van der Waals surface area contributed by atoms with E-state index in [-0.39, 0.29) is 24.3 Å². The molecule has 120 valence electrons. The van der Waals surface area contributed by atoms with E-state index in [9.17, 15) is 9.59 Å². The summed E-state index contributed by atoms with van der Waals surface area (Å²) in [6.07, 6.45) is 2.19. The van der Waals surface area contributed by atoms with Crippen molar-refractivity contribution in [2.75, 3.05) is 5.32 Å². The zero-order valence-electron chi connectivity index (χ0n) is 12.8. The fourth-order valence-electron chi connectivity index (χ4n) is 2.57. The maximum absolute atomic E-state index is 12.0. The Balaban J connectivity index is 1.56. The molecule has 6 nitrogen and oxygen atoms in total. The number of nitrogens with one attached hydrogen (secondary N) is 2. The molecule has 2 amide bonds. The minimum Gasteiger partial charge on any atom is -0.353 e. The standard InChI is InChI=1S/C16H18N4O2S/c1-10-4-2-3-5-11(10)8-15-19-20-16(23-15)18-14(22)9-12-6-7-13(21)17-12/h2-5,12H,6-9H2,1H3,(H,17,21)(H,18,20,22). The fourth-order valence-corrected chi connectivity index (χ4v) is 3.35. The topological polar surface area (TPSA) is 84.0 Å². The number of rotatable bonds is 5. The van der Waals surface area contributed by atoms with Gasteiger partial charge in [-0.1, -0.05) is 35.6 Å². The van der Waals surface area contributed by atoms with E-state index in [0.29, 0.717) is 24.4 Å². The number of aromatic nitrogens is 2. The summed E-state index contributed by atoms with van der Waals surface area (Å²) < 4.78 is 0. The summed E-state index contributed by atoms with van der Waals surface area (Å²) in [6.45, 7) is 2.06. The van der Waals surface area contributed by atoms with Crippen LogP contribution in [0.5, 0.6) is 0 Å². The van der Waals surface area contributed by atoms with Crippen molar-refractivity contribution in [3.8, 4) is 0 Å². The monoisotopic (exact) mass is 330 g/mol. The quantitative estimate of drug-likeness (QED) is 0.879. The van der Waals surface area contributed by atoms with Crippen LogP contribution >= 0.6 is 11.3 Å². The van der Waals surface area contributed by atoms with Crippen LogP contribution in [0.25, 0.3) is 0 Å². The minimum absolute atomic E-state index is 0.0132. The molecule has 7 heteroatoms. The van der Waals surface area contributed by atoms with E-state index in [1.165, 1.54) is 22.5 Å². The smallest absolute Gasteiger partial charge is 0.228 e. The molecule has 1 saturated heterocycles. The van der Waals surface area contributed by atoms with Gasteiger partial charge in [0.1, 0.15) is 5.01 Å². The van der Waals surface area contributed by atoms with Crippen molar-refractivity contribution in [2.45, 2.75) is 38.6 Å². The predicted octanol–water partition coefficient (Wildman–Crippen LogP) is 2.04. The third-order valence-electron chi connectivity index (χ3n) is 3.83. The number of benzene rings is 1. The zero-order valence-corrected chi connectivity index (χ0v) is 13.7. The molecule has 2 aromatic rings. The number of anilines is 1. The summed E-state index contributed by atoms with van der Waals surface area (Å²) >= 11 is 1.38. The summed E-state index contributed by atoms with van der Waals surface area (Å²) in [7, 11) is 0. The molecule has 0 aliphatic carbocycles. The maximum atomic E-state index is 12.0. The highest BCUT2D eigenvalue weighted by atomic mass is 32.1. The van der Waals surface area contributed by atoms with Crippen molar-refractivity contribution < 1.29 is 9.59 Å². The lowest BCUT2D eigenvalue weighted by Gasteiger charge is -2.08. The van der Waals surface area contributed by atoms with Gasteiger partial charge in [0.25, 0.3) is 0 Å². The Kier molecular flexibility index (Phi) is 4.66. The number of carbonyl (C=O) groups excluding carboxylic acids is 2. The Morgan fingerprint density at radius 2 is 2.22 bits per heavy atom. The van der Waals surface area contributed by atoms with Crippen molar-refractivity contribution in [3.63, 3.8) is 0 Å². The maximum Gasteiger partial charge on any atom is 0.228 e. The lowest BCUT2D eigenvalue weighted by atomic mass is 10.1. The molecule has 1 aliphatic rings. The zero-order chi connectivity index (χ0) is 16.2. The Labute approximate surface area is 138 Å². The van der Waals surface area contributed by atoms with Crippen molar-refractivity contribution >= 4 is 28.3 Å². The average molecular weight is 330 g/mol. The van der Waals surface area contributed by atoms with Crippen LogP contribution in [0.3, 0.4) is 0 Å². The van der Waals surface area contributed by atoms with Gasteiger partial charge < -0.3 is 10.6 Å². The molecule has 0 spiro atoms. The van der Waals surface area contributed by atoms with E-state index in [1.807, 2.05) is 12.1 Å². The molecular weight excluding hydrogens is 312 g/mol. The molecule has 0 saturated carbocycles. The van der Waals surface area contributed by atoms with E-state index in [1.54, 1.807) is 0 Å². The van der Waals surface area contributed by atoms with Crippen molar-refractivity contribution in [1.82, 2.24) is 15.5 Å². The third-order valence-corrected chi connectivity index (χ3v) is 4.67. The largest absolute Gasteiger partial charge is 0.353 e. The van der Waals surface area contributed by atoms with Crippen LogP contribution in [0, 0.1) is 6.92 Å². The first kappa shape index (κ1) is 15.6. The van der Waals surface area contributed by atoms with Gasteiger partial charge in [-0.25, -0.2) is 0 Å². The summed E-state index contributed by atoms with van der Waals surface area (Å²) in [5.74, 6) is -0.130. The molecule has 2 heterocycles. The predicted molar refractivity (Wildman–Crippen MR) is 88.3 cm³/mol. The third kappa shape index (κ3) is 4.13. The number of hydrogen-bond acceptors (Lipinski definition) is 5. The normalized spacial score (nSPS) is 17.1. The summed E-state index contributed by atoms with van der Waals surface area (Å²) in [4.78, 5) is 23.1. The van der Waals surface area contributed by atoms with Gasteiger partial charge in [0.05, 0.1) is 0 Å². The van der Waals surface area contributed by atoms with Crippen molar-refractivity contribution in [3.05, 3.63) is 40.4 Å². The molecule has 1 aromatic heterocycles. The van der Waals surface area contributed by atoms with Crippen molar-refractivity contribution in [1.29, 1.82) is 0 Å². The Hall–Kier alpha value is -2.28. The summed E-state index contributed by atoms with van der Waals surface area (Å²) in [6, 6.07) is 8.07. The van der Waals surface area contributed by atoms with Gasteiger partial charge in [0, 0.05) is 25.3 Å². The second-order valence-electron chi connectivity index (χ2n) is 5.66. The van der Waals surface area contributed by atoms with Crippen LogP contribution in [0.4, 0.5) is 5.13 Å². The van der Waals surface area contributed by atoms with Gasteiger partial charge >= 0.3 is 0 Å². The molecule has 3 rings (SSSR count). The first-order valence-electron chi connectivity index (χ1n) is 7.56. The molecule has 1 atom stereocenters. The van der Waals surface area contributed by atoms with E-state index in [2.05, 4.69) is 39.9 Å². The SMILES string of the molecule is Cc1ccccc1Cc1nnc(NC(=O)CC2CCC(=O)N2)s1. The highest BCUT2D eigenvalue weighted by Gasteiger charge is 2.23. The van der Waals surface area contributed by atoms with Crippen LogP contribution in [0.2, 0.25) is 0 Å². The molecule has 1 unspecified atom stereocenters. The number of carbonyl (C=O) groups is 2. The molecule has 23 heavy (non-hydrogen) atoms. The second-order valence-corrected chi connectivity index (χ2v) is 6.72. The van der Waals surface area contributed by atoms with Gasteiger partial charge in [-0.05, 0) is 24.5 Å². The highest BCUT2D eigenvalue weighted by Crippen LogP contribution is 2.20. The summed E-state index contributed by atoms with van der Waals surface area (Å²) in [5, 5.41) is 15.1. The lowest BCUT2D eigenvalue weighted by Crippen LogP contribution is -2.29. The van der Waals surface area contributed by atoms with Gasteiger partial charge in [-0.15, -0.1) is 10.2 Å². The van der Waals surface area contributed by atoms with Crippen LogP contribution in [-0.4, -0.2) is 28.1 Å². The molecule has 1 fully saturated rings. The van der Waals surface area contributed by atoms with Crippen LogP contribution in [-0.2, 0) is 16.0 Å². The minimum atomic E-state index is -0.143.